The van der Waals surface area contributed by atoms with Crippen molar-refractivity contribution in [2.45, 2.75) is 11.8 Å². The largest absolute Gasteiger partial charge is 0.496 e. The third kappa shape index (κ3) is 3.19. The molecule has 0 unspecified atom stereocenters. The van der Waals surface area contributed by atoms with Crippen LogP contribution < -0.4 is 9.62 Å². The number of aromatic carboxylic acids is 1. The van der Waals surface area contributed by atoms with E-state index >= 15 is 0 Å². The molecule has 0 amide bonds. The van der Waals surface area contributed by atoms with Gasteiger partial charge in [0.1, 0.15) is 11.3 Å². The highest BCUT2D eigenvalue weighted by Gasteiger charge is 2.19. The fourth-order valence-corrected chi connectivity index (χ4v) is 2.10. The van der Waals surface area contributed by atoms with Crippen molar-refractivity contribution in [3.63, 3.8) is 0 Å². The normalized spacial score (nSPS) is 11.2. The van der Waals surface area contributed by atoms with Gasteiger partial charge >= 0.3 is 5.97 Å². The second kappa shape index (κ2) is 5.80. The molecule has 0 aliphatic carbocycles. The van der Waals surface area contributed by atoms with Gasteiger partial charge in [-0.3, -0.25) is 4.84 Å². The van der Waals surface area contributed by atoms with E-state index in [2.05, 4.69) is 4.84 Å². The van der Waals surface area contributed by atoms with E-state index in [-0.39, 0.29) is 22.8 Å². The Morgan fingerprint density at radius 2 is 2.11 bits per heavy atom. The number of carboxylic acid groups (broad SMARTS) is 1. The Labute approximate surface area is 104 Å². The first kappa shape index (κ1) is 14.4. The molecule has 0 aliphatic rings. The second-order valence-electron chi connectivity index (χ2n) is 3.19. The Bertz CT molecular complexity index is 539. The molecule has 7 nitrogen and oxygen atoms in total. The Kier molecular flexibility index (Phi) is 4.65. The van der Waals surface area contributed by atoms with E-state index < -0.39 is 16.0 Å². The van der Waals surface area contributed by atoms with E-state index in [1.807, 2.05) is 4.89 Å². The van der Waals surface area contributed by atoms with Gasteiger partial charge in [-0.05, 0) is 25.1 Å². The first-order valence-corrected chi connectivity index (χ1v) is 6.45. The van der Waals surface area contributed by atoms with E-state index in [0.29, 0.717) is 0 Å². The quantitative estimate of drug-likeness (QED) is 0.738. The Morgan fingerprint density at radius 1 is 1.44 bits per heavy atom. The lowest BCUT2D eigenvalue weighted by Gasteiger charge is -2.09. The van der Waals surface area contributed by atoms with Gasteiger partial charge in [0.25, 0.3) is 10.0 Å². The number of carbonyl (C=O) groups is 1. The van der Waals surface area contributed by atoms with E-state index in [9.17, 15) is 13.2 Å². The van der Waals surface area contributed by atoms with E-state index in [1.165, 1.54) is 19.2 Å². The van der Waals surface area contributed by atoms with Crippen LogP contribution in [0, 0.1) is 0 Å². The monoisotopic (exact) mass is 275 g/mol. The van der Waals surface area contributed by atoms with Crippen LogP contribution in [-0.2, 0) is 14.9 Å². The van der Waals surface area contributed by atoms with Gasteiger partial charge in [0.15, 0.2) is 0 Å². The molecule has 0 fully saturated rings. The number of ether oxygens (including phenoxy) is 1. The van der Waals surface area contributed by atoms with Gasteiger partial charge in [0.05, 0.1) is 18.6 Å². The SMILES string of the molecule is CCONS(=O)(=O)c1ccc(OC)c(C(=O)O)c1. The number of carboxylic acids is 1. The maximum absolute atomic E-state index is 11.7. The zero-order valence-electron chi connectivity index (χ0n) is 9.84. The van der Waals surface area contributed by atoms with Crippen LogP contribution in [0.15, 0.2) is 23.1 Å². The highest BCUT2D eigenvalue weighted by atomic mass is 32.2. The van der Waals surface area contributed by atoms with Crippen LogP contribution in [0.25, 0.3) is 0 Å². The summed E-state index contributed by atoms with van der Waals surface area (Å²) in [4.78, 5) is 17.2. The zero-order valence-corrected chi connectivity index (χ0v) is 10.7. The van der Waals surface area contributed by atoms with Crippen molar-refractivity contribution < 1.29 is 27.9 Å². The first-order chi connectivity index (χ1) is 8.42. The summed E-state index contributed by atoms with van der Waals surface area (Å²) in [5.41, 5.74) is -0.239. The molecule has 2 N–H and O–H groups in total. The fourth-order valence-electron chi connectivity index (χ4n) is 1.21. The minimum Gasteiger partial charge on any atom is -0.496 e. The lowest BCUT2D eigenvalue weighted by atomic mass is 10.2. The fraction of sp³-hybridized carbons (Fsp3) is 0.300. The molecule has 0 saturated carbocycles. The van der Waals surface area contributed by atoms with Crippen molar-refractivity contribution in [1.82, 2.24) is 4.89 Å². The third-order valence-electron chi connectivity index (χ3n) is 2.02. The predicted octanol–water partition coefficient (Wildman–Crippen LogP) is 0.623. The van der Waals surface area contributed by atoms with Crippen molar-refractivity contribution >= 4 is 16.0 Å². The maximum Gasteiger partial charge on any atom is 0.339 e. The van der Waals surface area contributed by atoms with Gasteiger partial charge in [-0.15, -0.1) is 0 Å². The molecule has 0 aromatic heterocycles. The molecule has 100 valence electrons. The van der Waals surface area contributed by atoms with Gasteiger partial charge in [0.2, 0.25) is 0 Å². The van der Waals surface area contributed by atoms with Crippen molar-refractivity contribution in [2.75, 3.05) is 13.7 Å². The van der Waals surface area contributed by atoms with Gasteiger partial charge in [-0.1, -0.05) is 4.89 Å². The molecule has 8 heteroatoms. The third-order valence-corrected chi connectivity index (χ3v) is 3.24. The number of rotatable bonds is 6. The topological polar surface area (TPSA) is 102 Å². The van der Waals surface area contributed by atoms with Crippen molar-refractivity contribution in [3.05, 3.63) is 23.8 Å². The van der Waals surface area contributed by atoms with Crippen LogP contribution >= 0.6 is 0 Å². The Hall–Kier alpha value is -1.64. The average Bonchev–Trinajstić information content (AvgIpc) is 2.35. The van der Waals surface area contributed by atoms with E-state index in [1.54, 1.807) is 6.92 Å². The van der Waals surface area contributed by atoms with E-state index in [4.69, 9.17) is 9.84 Å². The molecule has 0 spiro atoms. The van der Waals surface area contributed by atoms with Gasteiger partial charge in [-0.25, -0.2) is 13.2 Å². The molecule has 0 radical (unpaired) electrons. The highest BCUT2D eigenvalue weighted by molar-refractivity contribution is 7.89. The molecular weight excluding hydrogens is 262 g/mol. The molecule has 0 aliphatic heterocycles. The summed E-state index contributed by atoms with van der Waals surface area (Å²) < 4.78 is 28.2. The lowest BCUT2D eigenvalue weighted by molar-refractivity contribution is 0.0693. The summed E-state index contributed by atoms with van der Waals surface area (Å²) in [7, 11) is -2.59. The summed E-state index contributed by atoms with van der Waals surface area (Å²) in [5.74, 6) is -1.20. The molecule has 0 bridgehead atoms. The smallest absolute Gasteiger partial charge is 0.339 e. The number of nitrogens with one attached hydrogen (secondary N) is 1. The average molecular weight is 275 g/mol. The summed E-state index contributed by atoms with van der Waals surface area (Å²) in [6, 6.07) is 3.50. The Balaban J connectivity index is 3.20. The van der Waals surface area contributed by atoms with Crippen molar-refractivity contribution in [1.29, 1.82) is 0 Å². The maximum atomic E-state index is 11.7. The lowest BCUT2D eigenvalue weighted by Crippen LogP contribution is -2.24. The van der Waals surface area contributed by atoms with Crippen LogP contribution in [0.1, 0.15) is 17.3 Å². The van der Waals surface area contributed by atoms with Crippen molar-refractivity contribution in [2.24, 2.45) is 0 Å². The summed E-state index contributed by atoms with van der Waals surface area (Å²) in [5, 5.41) is 8.94. The minimum atomic E-state index is -3.89. The molecule has 0 heterocycles. The molecule has 1 aromatic carbocycles. The standard InChI is InChI=1S/C10H13NO6S/c1-3-17-11-18(14,15)7-4-5-9(16-2)8(6-7)10(12)13/h4-6,11H,3H2,1-2H3,(H,12,13). The zero-order chi connectivity index (χ0) is 13.8. The number of hydrogen-bond acceptors (Lipinski definition) is 5. The summed E-state index contributed by atoms with van der Waals surface area (Å²) >= 11 is 0. The molecule has 0 saturated heterocycles. The minimum absolute atomic E-state index is 0.0814. The summed E-state index contributed by atoms with van der Waals surface area (Å²) in [6.07, 6.45) is 0. The van der Waals surface area contributed by atoms with Crippen LogP contribution in [0.2, 0.25) is 0 Å². The van der Waals surface area contributed by atoms with Crippen LogP contribution in [0.4, 0.5) is 0 Å². The van der Waals surface area contributed by atoms with Crippen molar-refractivity contribution in [3.8, 4) is 5.75 Å². The molecule has 18 heavy (non-hydrogen) atoms. The molecule has 1 rings (SSSR count). The molecule has 1 aromatic rings. The van der Waals surface area contributed by atoms with Gasteiger partial charge in [0, 0.05) is 0 Å². The number of benzene rings is 1. The summed E-state index contributed by atoms with van der Waals surface area (Å²) in [6.45, 7) is 1.76. The highest BCUT2D eigenvalue weighted by Crippen LogP contribution is 2.22. The molecule has 0 atom stereocenters. The number of sulfonamides is 1. The second-order valence-corrected chi connectivity index (χ2v) is 4.83. The van der Waals surface area contributed by atoms with Gasteiger partial charge in [-0.2, -0.15) is 0 Å². The van der Waals surface area contributed by atoms with Crippen LogP contribution in [-0.4, -0.2) is 33.2 Å². The predicted molar refractivity (Wildman–Crippen MR) is 61.9 cm³/mol. The van der Waals surface area contributed by atoms with E-state index in [0.717, 1.165) is 6.07 Å². The number of hydrogen-bond donors (Lipinski definition) is 2. The molecular formula is C10H13NO6S. The first-order valence-electron chi connectivity index (χ1n) is 4.97. The van der Waals surface area contributed by atoms with Gasteiger partial charge < -0.3 is 9.84 Å². The Morgan fingerprint density at radius 3 is 2.61 bits per heavy atom. The van der Waals surface area contributed by atoms with Crippen LogP contribution in [0.5, 0.6) is 5.75 Å². The van der Waals surface area contributed by atoms with Crippen LogP contribution in [0.3, 0.4) is 0 Å². The number of methoxy groups -OCH3 is 1.